The van der Waals surface area contributed by atoms with Gasteiger partial charge in [-0.2, -0.15) is 5.10 Å². The summed E-state index contributed by atoms with van der Waals surface area (Å²) in [5.74, 6) is -0.473. The highest BCUT2D eigenvalue weighted by Crippen LogP contribution is 2.05. The predicted octanol–water partition coefficient (Wildman–Crippen LogP) is 0.272. The Hall–Kier alpha value is -2.97. The molecule has 0 radical (unpaired) electrons. The van der Waals surface area contributed by atoms with E-state index >= 15 is 0 Å². The molecule has 0 saturated carbocycles. The summed E-state index contributed by atoms with van der Waals surface area (Å²) < 4.78 is 1.59. The van der Waals surface area contributed by atoms with Gasteiger partial charge in [0.25, 0.3) is 0 Å². The number of aryl methyl sites for hydroxylation is 1. The van der Waals surface area contributed by atoms with E-state index in [1.165, 1.54) is 18.3 Å². The number of carbonyl (C=O) groups excluding carboxylic acids is 1. The lowest BCUT2D eigenvalue weighted by Crippen LogP contribution is -2.30. The molecule has 2 heterocycles. The van der Waals surface area contributed by atoms with Gasteiger partial charge in [-0.25, -0.2) is 19.6 Å². The van der Waals surface area contributed by atoms with E-state index in [1.807, 2.05) is 0 Å². The Morgan fingerprint density at radius 3 is 2.71 bits per heavy atom. The first-order valence-corrected chi connectivity index (χ1v) is 6.13. The molecule has 110 valence electrons. The first kappa shape index (κ1) is 14.4. The van der Waals surface area contributed by atoms with Crippen LogP contribution in [0.15, 0.2) is 24.7 Å². The summed E-state index contributed by atoms with van der Waals surface area (Å²) in [6.07, 6.45) is 3.39. The van der Waals surface area contributed by atoms with Gasteiger partial charge >= 0.3 is 12.0 Å². The van der Waals surface area contributed by atoms with Crippen LogP contribution in [0.25, 0.3) is 0 Å². The molecule has 0 bridgehead atoms. The zero-order valence-corrected chi connectivity index (χ0v) is 11.3. The van der Waals surface area contributed by atoms with Crippen molar-refractivity contribution in [1.82, 2.24) is 25.1 Å². The number of nitrogens with zero attached hydrogens (tertiary/aromatic N) is 4. The van der Waals surface area contributed by atoms with Crippen molar-refractivity contribution in [2.75, 3.05) is 11.9 Å². The third-order valence-electron chi connectivity index (χ3n) is 2.52. The summed E-state index contributed by atoms with van der Waals surface area (Å²) in [6, 6.07) is 2.38. The average molecular weight is 290 g/mol. The fraction of sp³-hybridized carbons (Fsp3) is 0.250. The maximum atomic E-state index is 11.6. The van der Waals surface area contributed by atoms with Crippen LogP contribution in [0.4, 0.5) is 10.5 Å². The van der Waals surface area contributed by atoms with Crippen LogP contribution in [-0.4, -0.2) is 43.4 Å². The molecule has 0 aromatic carbocycles. The minimum absolute atomic E-state index is 0.0813. The highest BCUT2D eigenvalue weighted by molar-refractivity contribution is 5.90. The standard InChI is InChI=1S/C12H14N6O3/c1-18-7-15-10(17-18)4-5-13-12(21)16-8-2-3-9(11(19)20)14-6-8/h2-3,6-7H,4-5H2,1H3,(H,19,20)(H2,13,16,21). The number of nitrogens with one attached hydrogen (secondary N) is 2. The summed E-state index contributed by atoms with van der Waals surface area (Å²) in [5.41, 5.74) is 0.329. The van der Waals surface area contributed by atoms with Crippen LogP contribution < -0.4 is 10.6 Å². The molecule has 0 unspecified atom stereocenters. The molecule has 3 N–H and O–H groups in total. The summed E-state index contributed by atoms with van der Waals surface area (Å²) in [4.78, 5) is 30.0. The monoisotopic (exact) mass is 290 g/mol. The van der Waals surface area contributed by atoms with Gasteiger partial charge in [-0.3, -0.25) is 4.68 Å². The van der Waals surface area contributed by atoms with Crippen molar-refractivity contribution in [3.8, 4) is 0 Å². The number of hydrogen-bond acceptors (Lipinski definition) is 5. The highest BCUT2D eigenvalue weighted by atomic mass is 16.4. The first-order chi connectivity index (χ1) is 10.0. The van der Waals surface area contributed by atoms with Crippen molar-refractivity contribution in [2.24, 2.45) is 7.05 Å². The quantitative estimate of drug-likeness (QED) is 0.726. The number of aromatic carboxylic acids is 1. The van der Waals surface area contributed by atoms with Crippen molar-refractivity contribution in [3.63, 3.8) is 0 Å². The second-order valence-electron chi connectivity index (χ2n) is 4.20. The van der Waals surface area contributed by atoms with Gasteiger partial charge in [-0.05, 0) is 12.1 Å². The summed E-state index contributed by atoms with van der Waals surface area (Å²) in [7, 11) is 1.77. The fourth-order valence-electron chi connectivity index (χ4n) is 1.56. The molecule has 2 rings (SSSR count). The molecular formula is C12H14N6O3. The van der Waals surface area contributed by atoms with E-state index in [0.717, 1.165) is 0 Å². The summed E-state index contributed by atoms with van der Waals surface area (Å²) in [6.45, 7) is 0.385. The van der Waals surface area contributed by atoms with E-state index < -0.39 is 12.0 Å². The van der Waals surface area contributed by atoms with Crippen LogP contribution in [0.5, 0.6) is 0 Å². The average Bonchev–Trinajstić information content (AvgIpc) is 2.85. The van der Waals surface area contributed by atoms with E-state index in [4.69, 9.17) is 5.11 Å². The molecule has 2 aromatic heterocycles. The second kappa shape index (κ2) is 6.46. The molecule has 21 heavy (non-hydrogen) atoms. The number of aromatic nitrogens is 4. The number of rotatable bonds is 5. The zero-order chi connectivity index (χ0) is 15.2. The van der Waals surface area contributed by atoms with E-state index in [-0.39, 0.29) is 5.69 Å². The van der Waals surface area contributed by atoms with Gasteiger partial charge in [0.1, 0.15) is 12.0 Å². The summed E-state index contributed by atoms with van der Waals surface area (Å²) >= 11 is 0. The maximum Gasteiger partial charge on any atom is 0.354 e. The summed E-state index contributed by atoms with van der Waals surface area (Å²) in [5, 5.41) is 18.0. The predicted molar refractivity (Wildman–Crippen MR) is 72.9 cm³/mol. The van der Waals surface area contributed by atoms with Gasteiger partial charge in [-0.15, -0.1) is 0 Å². The molecule has 0 spiro atoms. The van der Waals surface area contributed by atoms with Gasteiger partial charge in [0.05, 0.1) is 11.9 Å². The zero-order valence-electron chi connectivity index (χ0n) is 11.3. The van der Waals surface area contributed by atoms with Crippen molar-refractivity contribution in [1.29, 1.82) is 0 Å². The first-order valence-electron chi connectivity index (χ1n) is 6.13. The molecule has 0 aliphatic carbocycles. The third kappa shape index (κ3) is 4.27. The Balaban J connectivity index is 1.77. The molecule has 0 aliphatic rings. The second-order valence-corrected chi connectivity index (χ2v) is 4.20. The topological polar surface area (TPSA) is 122 Å². The van der Waals surface area contributed by atoms with Crippen molar-refractivity contribution in [2.45, 2.75) is 6.42 Å². The molecule has 0 saturated heterocycles. The van der Waals surface area contributed by atoms with E-state index in [0.29, 0.717) is 24.5 Å². The van der Waals surface area contributed by atoms with Gasteiger partial charge in [0.15, 0.2) is 5.82 Å². The van der Waals surface area contributed by atoms with Crippen molar-refractivity contribution < 1.29 is 14.7 Å². The third-order valence-corrected chi connectivity index (χ3v) is 2.52. The Morgan fingerprint density at radius 1 is 1.33 bits per heavy atom. The van der Waals surface area contributed by atoms with Crippen LogP contribution in [0.1, 0.15) is 16.3 Å². The SMILES string of the molecule is Cn1cnc(CCNC(=O)Nc2ccc(C(=O)O)nc2)n1. The van der Waals surface area contributed by atoms with E-state index in [2.05, 4.69) is 25.7 Å². The Morgan fingerprint density at radius 2 is 2.14 bits per heavy atom. The Labute approximate surface area is 120 Å². The number of carbonyl (C=O) groups is 2. The lowest BCUT2D eigenvalue weighted by Gasteiger charge is -2.06. The van der Waals surface area contributed by atoms with Crippen molar-refractivity contribution >= 4 is 17.7 Å². The molecule has 9 nitrogen and oxygen atoms in total. The number of urea groups is 1. The van der Waals surface area contributed by atoms with Gasteiger partial charge < -0.3 is 15.7 Å². The van der Waals surface area contributed by atoms with Crippen molar-refractivity contribution in [3.05, 3.63) is 36.2 Å². The molecule has 0 aliphatic heterocycles. The van der Waals surface area contributed by atoms with E-state index in [9.17, 15) is 9.59 Å². The van der Waals surface area contributed by atoms with Gasteiger partial charge in [-0.1, -0.05) is 0 Å². The lowest BCUT2D eigenvalue weighted by atomic mass is 10.3. The van der Waals surface area contributed by atoms with Crippen LogP contribution >= 0.6 is 0 Å². The molecule has 9 heteroatoms. The molecule has 0 atom stereocenters. The van der Waals surface area contributed by atoms with Crippen LogP contribution in [0, 0.1) is 0 Å². The molecule has 2 amide bonds. The number of hydrogen-bond donors (Lipinski definition) is 3. The minimum atomic E-state index is -1.12. The number of anilines is 1. The maximum absolute atomic E-state index is 11.6. The molecule has 0 fully saturated rings. The van der Waals surface area contributed by atoms with E-state index in [1.54, 1.807) is 18.1 Å². The number of carboxylic acid groups (broad SMARTS) is 1. The Bertz CT molecular complexity index is 637. The van der Waals surface area contributed by atoms with Gasteiger partial charge in [0, 0.05) is 20.0 Å². The van der Waals surface area contributed by atoms with Crippen LogP contribution in [-0.2, 0) is 13.5 Å². The lowest BCUT2D eigenvalue weighted by molar-refractivity contribution is 0.0690. The van der Waals surface area contributed by atoms with Crippen LogP contribution in [0.2, 0.25) is 0 Å². The minimum Gasteiger partial charge on any atom is -0.477 e. The molecule has 2 aromatic rings. The highest BCUT2D eigenvalue weighted by Gasteiger charge is 2.06. The number of pyridine rings is 1. The normalized spacial score (nSPS) is 10.1. The smallest absolute Gasteiger partial charge is 0.354 e. The van der Waals surface area contributed by atoms with Crippen LogP contribution in [0.3, 0.4) is 0 Å². The molecular weight excluding hydrogens is 276 g/mol. The van der Waals surface area contributed by atoms with Gasteiger partial charge in [0.2, 0.25) is 0 Å². The number of carboxylic acids is 1. The Kier molecular flexibility index (Phi) is 4.44. The fourth-order valence-corrected chi connectivity index (χ4v) is 1.56. The number of amides is 2. The largest absolute Gasteiger partial charge is 0.477 e.